The lowest BCUT2D eigenvalue weighted by Crippen LogP contribution is -2.45. The van der Waals surface area contributed by atoms with E-state index in [-0.39, 0.29) is 0 Å². The molecule has 2 aliphatic heterocycles. The van der Waals surface area contributed by atoms with Gasteiger partial charge in [-0.3, -0.25) is 9.69 Å². The summed E-state index contributed by atoms with van der Waals surface area (Å²) >= 11 is 1.69. The molecule has 0 spiro atoms. The fourth-order valence-corrected chi connectivity index (χ4v) is 4.41. The number of carbonyl (C=O) groups excluding carboxylic acids is 1. The van der Waals surface area contributed by atoms with E-state index < -0.39 is 0 Å². The molecule has 0 atom stereocenters. The van der Waals surface area contributed by atoms with Gasteiger partial charge in [0.2, 0.25) is 6.41 Å². The van der Waals surface area contributed by atoms with Crippen LogP contribution in [0, 0.1) is 6.92 Å². The van der Waals surface area contributed by atoms with Gasteiger partial charge in [-0.05, 0) is 24.1 Å². The summed E-state index contributed by atoms with van der Waals surface area (Å²) in [5.41, 5.74) is 4.86. The number of nitrogens with zero attached hydrogens (tertiary/aromatic N) is 3. The molecule has 3 heterocycles. The summed E-state index contributed by atoms with van der Waals surface area (Å²) in [6, 6.07) is 6.40. The third-order valence-corrected chi connectivity index (χ3v) is 6.12. The van der Waals surface area contributed by atoms with Gasteiger partial charge >= 0.3 is 0 Å². The van der Waals surface area contributed by atoms with Crippen LogP contribution < -0.4 is 5.32 Å². The predicted octanol–water partition coefficient (Wildman–Crippen LogP) is 2.54. The Bertz CT molecular complexity index is 760. The number of anilines is 2. The van der Waals surface area contributed by atoms with Crippen LogP contribution in [0.5, 0.6) is 0 Å². The lowest BCUT2D eigenvalue weighted by atomic mass is 10.1. The molecule has 1 aromatic carbocycles. The summed E-state index contributed by atoms with van der Waals surface area (Å²) in [6.07, 6.45) is 1.85. The Kier molecular flexibility index (Phi) is 5.19. The molecule has 0 saturated carbocycles. The zero-order valence-corrected chi connectivity index (χ0v) is 15.8. The SMILES string of the molecule is Cc1c(CN2CCN(C=O)CC2)cccc1Nc1nc2c(s1)COCC2. The molecule has 1 N–H and O–H groups in total. The van der Waals surface area contributed by atoms with Gasteiger partial charge in [-0.2, -0.15) is 0 Å². The van der Waals surface area contributed by atoms with E-state index in [1.54, 1.807) is 11.3 Å². The molecule has 7 heteroatoms. The van der Waals surface area contributed by atoms with Crippen molar-refractivity contribution < 1.29 is 9.53 Å². The minimum atomic E-state index is 0.681. The van der Waals surface area contributed by atoms with Crippen molar-refractivity contribution in [2.24, 2.45) is 0 Å². The second-order valence-corrected chi connectivity index (χ2v) is 7.91. The van der Waals surface area contributed by atoms with E-state index >= 15 is 0 Å². The van der Waals surface area contributed by atoms with E-state index in [0.29, 0.717) is 6.61 Å². The van der Waals surface area contributed by atoms with Crippen molar-refractivity contribution in [1.82, 2.24) is 14.8 Å². The summed E-state index contributed by atoms with van der Waals surface area (Å²) < 4.78 is 5.51. The Morgan fingerprint density at radius 2 is 2.15 bits per heavy atom. The summed E-state index contributed by atoms with van der Waals surface area (Å²) in [5, 5.41) is 4.45. The maximum atomic E-state index is 10.9. The summed E-state index contributed by atoms with van der Waals surface area (Å²) in [7, 11) is 0. The summed E-state index contributed by atoms with van der Waals surface area (Å²) in [4.78, 5) is 21.1. The predicted molar refractivity (Wildman–Crippen MR) is 103 cm³/mol. The van der Waals surface area contributed by atoms with Crippen LogP contribution in [0.4, 0.5) is 10.8 Å². The zero-order valence-electron chi connectivity index (χ0n) is 15.0. The molecule has 4 rings (SSSR count). The molecule has 138 valence electrons. The van der Waals surface area contributed by atoms with Crippen LogP contribution in [0.1, 0.15) is 21.7 Å². The van der Waals surface area contributed by atoms with Gasteiger partial charge < -0.3 is 15.0 Å². The van der Waals surface area contributed by atoms with E-state index in [2.05, 4.69) is 35.3 Å². The van der Waals surface area contributed by atoms with Crippen molar-refractivity contribution in [2.75, 3.05) is 38.1 Å². The molecule has 1 aromatic heterocycles. The van der Waals surface area contributed by atoms with Gasteiger partial charge in [0.25, 0.3) is 0 Å². The number of aromatic nitrogens is 1. The number of benzene rings is 1. The van der Waals surface area contributed by atoms with Crippen molar-refractivity contribution in [3.63, 3.8) is 0 Å². The van der Waals surface area contributed by atoms with Crippen LogP contribution in [0.3, 0.4) is 0 Å². The number of fused-ring (bicyclic) bond motifs is 1. The first-order valence-corrected chi connectivity index (χ1v) is 9.88. The first-order valence-electron chi connectivity index (χ1n) is 9.06. The molecule has 1 fully saturated rings. The van der Waals surface area contributed by atoms with Crippen LogP contribution in [0.2, 0.25) is 0 Å². The second kappa shape index (κ2) is 7.73. The van der Waals surface area contributed by atoms with Crippen molar-refractivity contribution in [1.29, 1.82) is 0 Å². The Labute approximate surface area is 157 Å². The first-order chi connectivity index (χ1) is 12.7. The molecule has 2 aromatic rings. The average molecular weight is 372 g/mol. The number of carbonyl (C=O) groups is 1. The molecule has 0 bridgehead atoms. The highest BCUT2D eigenvalue weighted by Gasteiger charge is 2.18. The molecule has 6 nitrogen and oxygen atoms in total. The molecule has 1 amide bonds. The van der Waals surface area contributed by atoms with E-state index in [0.717, 1.165) is 63.0 Å². The fraction of sp³-hybridized carbons (Fsp3) is 0.474. The molecular formula is C19H24N4O2S. The normalized spacial score (nSPS) is 17.8. The fourth-order valence-electron chi connectivity index (χ4n) is 3.45. The Balaban J connectivity index is 1.45. The molecular weight excluding hydrogens is 348 g/mol. The number of hydrogen-bond donors (Lipinski definition) is 1. The van der Waals surface area contributed by atoms with Gasteiger partial charge in [0, 0.05) is 44.8 Å². The van der Waals surface area contributed by atoms with Crippen molar-refractivity contribution >= 4 is 28.6 Å². The van der Waals surface area contributed by atoms with Crippen LogP contribution >= 0.6 is 11.3 Å². The number of thiazole rings is 1. The standard InChI is InChI=1S/C19H24N4O2S/c1-14-15(11-22-6-8-23(13-24)9-7-22)3-2-4-16(14)20-19-21-17-5-10-25-12-18(17)26-19/h2-4,13H,5-12H2,1H3,(H,20,21). The van der Waals surface area contributed by atoms with Gasteiger partial charge in [0.05, 0.1) is 23.8 Å². The lowest BCUT2D eigenvalue weighted by Gasteiger charge is -2.32. The minimum Gasteiger partial charge on any atom is -0.375 e. The van der Waals surface area contributed by atoms with Crippen LogP contribution in [-0.2, 0) is 29.1 Å². The number of piperazine rings is 1. The van der Waals surface area contributed by atoms with Gasteiger partial charge in [0.15, 0.2) is 5.13 Å². The molecule has 0 unspecified atom stereocenters. The molecule has 0 radical (unpaired) electrons. The molecule has 2 aliphatic rings. The number of nitrogens with one attached hydrogen (secondary N) is 1. The van der Waals surface area contributed by atoms with Crippen molar-refractivity contribution in [3.05, 3.63) is 39.9 Å². The van der Waals surface area contributed by atoms with Gasteiger partial charge in [-0.15, -0.1) is 0 Å². The minimum absolute atomic E-state index is 0.681. The highest BCUT2D eigenvalue weighted by molar-refractivity contribution is 7.15. The number of amides is 1. The first kappa shape index (κ1) is 17.5. The van der Waals surface area contributed by atoms with Gasteiger partial charge in [-0.1, -0.05) is 23.5 Å². The second-order valence-electron chi connectivity index (χ2n) is 6.82. The highest BCUT2D eigenvalue weighted by atomic mass is 32.1. The number of hydrogen-bond acceptors (Lipinski definition) is 6. The highest BCUT2D eigenvalue weighted by Crippen LogP contribution is 2.31. The number of rotatable bonds is 5. The molecule has 26 heavy (non-hydrogen) atoms. The van der Waals surface area contributed by atoms with E-state index in [1.807, 2.05) is 4.90 Å². The van der Waals surface area contributed by atoms with Crippen LogP contribution in [-0.4, -0.2) is 54.0 Å². The lowest BCUT2D eigenvalue weighted by molar-refractivity contribution is -0.119. The smallest absolute Gasteiger partial charge is 0.209 e. The topological polar surface area (TPSA) is 57.7 Å². The Morgan fingerprint density at radius 3 is 2.92 bits per heavy atom. The van der Waals surface area contributed by atoms with Crippen molar-refractivity contribution in [3.8, 4) is 0 Å². The van der Waals surface area contributed by atoms with Crippen LogP contribution in [0.15, 0.2) is 18.2 Å². The monoisotopic (exact) mass is 372 g/mol. The van der Waals surface area contributed by atoms with E-state index in [4.69, 9.17) is 9.72 Å². The molecule has 0 aliphatic carbocycles. The van der Waals surface area contributed by atoms with E-state index in [9.17, 15) is 4.79 Å². The maximum Gasteiger partial charge on any atom is 0.209 e. The van der Waals surface area contributed by atoms with E-state index in [1.165, 1.54) is 21.7 Å². The third-order valence-electron chi connectivity index (χ3n) is 5.13. The van der Waals surface area contributed by atoms with Gasteiger partial charge in [-0.25, -0.2) is 4.98 Å². The largest absolute Gasteiger partial charge is 0.375 e. The zero-order chi connectivity index (χ0) is 17.9. The quantitative estimate of drug-likeness (QED) is 0.818. The Morgan fingerprint density at radius 1 is 1.31 bits per heavy atom. The van der Waals surface area contributed by atoms with Crippen molar-refractivity contribution in [2.45, 2.75) is 26.5 Å². The molecule has 1 saturated heterocycles. The van der Waals surface area contributed by atoms with Crippen LogP contribution in [0.25, 0.3) is 0 Å². The Hall–Kier alpha value is -1.96. The maximum absolute atomic E-state index is 10.9. The van der Waals surface area contributed by atoms with Gasteiger partial charge in [0.1, 0.15) is 0 Å². The summed E-state index contributed by atoms with van der Waals surface area (Å²) in [6.45, 7) is 8.00. The summed E-state index contributed by atoms with van der Waals surface area (Å²) in [5.74, 6) is 0. The third kappa shape index (κ3) is 3.75. The average Bonchev–Trinajstić information content (AvgIpc) is 3.08. The number of ether oxygens (including phenoxy) is 1.